The fourth-order valence-corrected chi connectivity index (χ4v) is 2.41. The average Bonchev–Trinajstić information content (AvgIpc) is 2.24. The molecule has 2 heteroatoms. The van der Waals surface area contributed by atoms with E-state index in [0.29, 0.717) is 5.92 Å². The molecule has 0 aliphatic carbocycles. The average molecular weight is 207 g/mol. The number of nitrogens with one attached hydrogen (secondary N) is 1. The second-order valence-electron chi connectivity index (χ2n) is 4.51. The van der Waals surface area contributed by atoms with Crippen LogP contribution < -0.4 is 5.32 Å². The first-order valence-corrected chi connectivity index (χ1v) is 5.66. The molecule has 1 aromatic carbocycles. The van der Waals surface area contributed by atoms with Crippen molar-refractivity contribution >= 4 is 0 Å². The van der Waals surface area contributed by atoms with Gasteiger partial charge in [-0.25, -0.2) is 4.39 Å². The molecule has 1 aromatic rings. The Kier molecular flexibility index (Phi) is 3.06. The zero-order valence-electron chi connectivity index (χ0n) is 9.44. The molecule has 15 heavy (non-hydrogen) atoms. The molecule has 1 aliphatic rings. The fraction of sp³-hybridized carbons (Fsp3) is 0.538. The van der Waals surface area contributed by atoms with Crippen molar-refractivity contribution in [3.63, 3.8) is 0 Å². The Bertz CT molecular complexity index is 354. The van der Waals surface area contributed by atoms with E-state index in [9.17, 15) is 4.39 Å². The van der Waals surface area contributed by atoms with Gasteiger partial charge in [0.25, 0.3) is 0 Å². The van der Waals surface area contributed by atoms with E-state index in [2.05, 4.69) is 5.32 Å². The quantitative estimate of drug-likeness (QED) is 0.746. The van der Waals surface area contributed by atoms with Crippen molar-refractivity contribution in [3.05, 3.63) is 34.6 Å². The lowest BCUT2D eigenvalue weighted by Crippen LogP contribution is -2.27. The Morgan fingerprint density at radius 1 is 1.20 bits per heavy atom. The molecule has 0 aromatic heterocycles. The molecule has 0 unspecified atom stereocenters. The predicted octanol–water partition coefficient (Wildman–Crippen LogP) is 2.91. The minimum atomic E-state index is 0.00694. The Labute approximate surface area is 90.7 Å². The van der Waals surface area contributed by atoms with Crippen LogP contribution in [0.3, 0.4) is 0 Å². The highest BCUT2D eigenvalue weighted by Gasteiger charge is 2.19. The molecule has 0 radical (unpaired) electrons. The Morgan fingerprint density at radius 2 is 1.87 bits per heavy atom. The van der Waals surface area contributed by atoms with Crippen LogP contribution in [0.15, 0.2) is 12.1 Å². The minimum absolute atomic E-state index is 0.00694. The van der Waals surface area contributed by atoms with Gasteiger partial charge in [0.1, 0.15) is 5.82 Å². The highest BCUT2D eigenvalue weighted by Crippen LogP contribution is 2.29. The third-order valence-corrected chi connectivity index (χ3v) is 3.21. The van der Waals surface area contributed by atoms with Crippen LogP contribution in [0.4, 0.5) is 4.39 Å². The van der Waals surface area contributed by atoms with E-state index in [0.717, 1.165) is 37.1 Å². The number of halogens is 1. The van der Waals surface area contributed by atoms with Crippen LogP contribution >= 0.6 is 0 Å². The highest BCUT2D eigenvalue weighted by molar-refractivity contribution is 5.33. The molecular formula is C13H18FN. The maximum atomic E-state index is 13.9. The lowest BCUT2D eigenvalue weighted by molar-refractivity contribution is 0.444. The Morgan fingerprint density at radius 3 is 2.53 bits per heavy atom. The molecule has 1 aliphatic heterocycles. The number of aryl methyl sites for hydroxylation is 2. The molecule has 1 nitrogen and oxygen atoms in total. The number of benzene rings is 1. The maximum Gasteiger partial charge on any atom is 0.129 e. The van der Waals surface area contributed by atoms with E-state index in [1.807, 2.05) is 26.0 Å². The van der Waals surface area contributed by atoms with Crippen molar-refractivity contribution in [1.82, 2.24) is 5.32 Å². The summed E-state index contributed by atoms with van der Waals surface area (Å²) in [4.78, 5) is 0. The van der Waals surface area contributed by atoms with Gasteiger partial charge in [-0.1, -0.05) is 17.7 Å². The molecule has 0 atom stereocenters. The van der Waals surface area contributed by atoms with Crippen molar-refractivity contribution in [2.45, 2.75) is 32.6 Å². The molecule has 1 saturated heterocycles. The maximum absolute atomic E-state index is 13.9. The van der Waals surface area contributed by atoms with Crippen LogP contribution in [0.5, 0.6) is 0 Å². The first kappa shape index (κ1) is 10.6. The molecule has 1 heterocycles. The first-order chi connectivity index (χ1) is 7.18. The minimum Gasteiger partial charge on any atom is -0.317 e. The van der Waals surface area contributed by atoms with Crippen LogP contribution in [0.1, 0.15) is 35.4 Å². The van der Waals surface area contributed by atoms with Gasteiger partial charge in [-0.15, -0.1) is 0 Å². The summed E-state index contributed by atoms with van der Waals surface area (Å²) in [5, 5.41) is 3.31. The summed E-state index contributed by atoms with van der Waals surface area (Å²) in [5.74, 6) is 0.414. The lowest BCUT2D eigenvalue weighted by atomic mass is 9.88. The van der Waals surface area contributed by atoms with Gasteiger partial charge in [0.05, 0.1) is 0 Å². The van der Waals surface area contributed by atoms with Crippen LogP contribution in [0.2, 0.25) is 0 Å². The summed E-state index contributed by atoms with van der Waals surface area (Å²) in [6, 6.07) is 3.93. The largest absolute Gasteiger partial charge is 0.317 e. The van der Waals surface area contributed by atoms with Gasteiger partial charge in [-0.2, -0.15) is 0 Å². The monoisotopic (exact) mass is 207 g/mol. The topological polar surface area (TPSA) is 12.0 Å². The number of hydrogen-bond acceptors (Lipinski definition) is 1. The summed E-state index contributed by atoms with van der Waals surface area (Å²) in [5.41, 5.74) is 2.87. The summed E-state index contributed by atoms with van der Waals surface area (Å²) < 4.78 is 13.9. The van der Waals surface area contributed by atoms with E-state index in [-0.39, 0.29) is 5.82 Å². The molecule has 0 bridgehead atoms. The second kappa shape index (κ2) is 4.31. The number of hydrogen-bond donors (Lipinski definition) is 1. The third kappa shape index (κ3) is 2.20. The van der Waals surface area contributed by atoms with Gasteiger partial charge in [0, 0.05) is 0 Å². The molecule has 1 N–H and O–H groups in total. The van der Waals surface area contributed by atoms with Gasteiger partial charge in [0.15, 0.2) is 0 Å². The van der Waals surface area contributed by atoms with E-state index in [1.54, 1.807) is 0 Å². The normalized spacial score (nSPS) is 18.1. The molecule has 0 spiro atoms. The lowest BCUT2D eigenvalue weighted by Gasteiger charge is -2.24. The molecule has 82 valence electrons. The summed E-state index contributed by atoms with van der Waals surface area (Å²) >= 11 is 0. The van der Waals surface area contributed by atoms with E-state index < -0.39 is 0 Å². The number of piperidine rings is 1. The van der Waals surface area contributed by atoms with Crippen molar-refractivity contribution in [1.29, 1.82) is 0 Å². The number of rotatable bonds is 1. The Balaban J connectivity index is 2.33. The summed E-state index contributed by atoms with van der Waals surface area (Å²) in [6.45, 7) is 5.91. The fourth-order valence-electron chi connectivity index (χ4n) is 2.41. The van der Waals surface area contributed by atoms with Crippen molar-refractivity contribution < 1.29 is 4.39 Å². The van der Waals surface area contributed by atoms with Crippen molar-refractivity contribution in [2.24, 2.45) is 0 Å². The molecule has 0 saturated carbocycles. The van der Waals surface area contributed by atoms with Gasteiger partial charge in [0.2, 0.25) is 0 Å². The summed E-state index contributed by atoms with van der Waals surface area (Å²) in [7, 11) is 0. The van der Waals surface area contributed by atoms with Crippen molar-refractivity contribution in [3.8, 4) is 0 Å². The standard InChI is InChI=1S/C13H18FN/c1-9-7-10(2)13(14)12(8-9)11-3-5-15-6-4-11/h7-8,11,15H,3-6H2,1-2H3. The third-order valence-electron chi connectivity index (χ3n) is 3.21. The SMILES string of the molecule is Cc1cc(C)c(F)c(C2CCNCC2)c1. The van der Waals surface area contributed by atoms with Crippen LogP contribution in [0.25, 0.3) is 0 Å². The highest BCUT2D eigenvalue weighted by atomic mass is 19.1. The van der Waals surface area contributed by atoms with Gasteiger partial charge in [-0.05, 0) is 56.8 Å². The smallest absolute Gasteiger partial charge is 0.129 e. The van der Waals surface area contributed by atoms with Gasteiger partial charge >= 0.3 is 0 Å². The first-order valence-electron chi connectivity index (χ1n) is 5.66. The van der Waals surface area contributed by atoms with Crippen LogP contribution in [0, 0.1) is 19.7 Å². The van der Waals surface area contributed by atoms with Crippen LogP contribution in [-0.2, 0) is 0 Å². The molecule has 0 amide bonds. The van der Waals surface area contributed by atoms with E-state index >= 15 is 0 Å². The summed E-state index contributed by atoms with van der Waals surface area (Å²) in [6.07, 6.45) is 2.11. The van der Waals surface area contributed by atoms with Crippen molar-refractivity contribution in [2.75, 3.05) is 13.1 Å². The van der Waals surface area contributed by atoms with Gasteiger partial charge < -0.3 is 5.32 Å². The van der Waals surface area contributed by atoms with Gasteiger partial charge in [-0.3, -0.25) is 0 Å². The second-order valence-corrected chi connectivity index (χ2v) is 4.51. The molecule has 2 rings (SSSR count). The Hall–Kier alpha value is -0.890. The zero-order valence-corrected chi connectivity index (χ0v) is 9.44. The van der Waals surface area contributed by atoms with E-state index in [1.165, 1.54) is 5.56 Å². The van der Waals surface area contributed by atoms with E-state index in [4.69, 9.17) is 0 Å². The molecular weight excluding hydrogens is 189 g/mol. The zero-order chi connectivity index (χ0) is 10.8. The predicted molar refractivity (Wildman–Crippen MR) is 60.7 cm³/mol. The van der Waals surface area contributed by atoms with Crippen LogP contribution in [-0.4, -0.2) is 13.1 Å². The molecule has 1 fully saturated rings.